The Hall–Kier alpha value is -2.90. The third-order valence-electron chi connectivity index (χ3n) is 7.25. The minimum absolute atomic E-state index is 0.0507. The molecule has 7 heteroatoms. The van der Waals surface area contributed by atoms with E-state index in [1.807, 2.05) is 69.3 Å². The van der Waals surface area contributed by atoms with Crippen molar-refractivity contribution in [3.8, 4) is 11.1 Å². The van der Waals surface area contributed by atoms with Gasteiger partial charge in [-0.15, -0.1) is 0 Å². The third-order valence-corrected chi connectivity index (χ3v) is 7.25. The van der Waals surface area contributed by atoms with Crippen LogP contribution in [0.3, 0.4) is 0 Å². The molecule has 7 nitrogen and oxygen atoms in total. The summed E-state index contributed by atoms with van der Waals surface area (Å²) in [5.74, 6) is 0.122. The van der Waals surface area contributed by atoms with Gasteiger partial charge in [0, 0.05) is 37.7 Å². The Morgan fingerprint density at radius 2 is 1.69 bits per heavy atom. The number of urea groups is 1. The molecular weight excluding hydrogens is 454 g/mol. The molecule has 1 heterocycles. The van der Waals surface area contributed by atoms with Crippen LogP contribution in [0.2, 0.25) is 0 Å². The fourth-order valence-electron chi connectivity index (χ4n) is 4.38. The van der Waals surface area contributed by atoms with Crippen molar-refractivity contribution < 1.29 is 19.4 Å². The number of aliphatic hydroxyl groups excluding tert-OH is 1. The number of carbonyl (C=O) groups excluding carboxylic acids is 2. The summed E-state index contributed by atoms with van der Waals surface area (Å²) in [6, 6.07) is 15.1. The van der Waals surface area contributed by atoms with Crippen molar-refractivity contribution in [2.45, 2.75) is 59.4 Å². The van der Waals surface area contributed by atoms with Gasteiger partial charge in [-0.25, -0.2) is 4.79 Å². The first-order valence-electron chi connectivity index (χ1n) is 12.9. The molecule has 0 saturated carbocycles. The smallest absolute Gasteiger partial charge is 0.317 e. The zero-order chi connectivity index (χ0) is 26.4. The number of aliphatic hydroxyl groups is 1. The van der Waals surface area contributed by atoms with Crippen LogP contribution in [0.4, 0.5) is 4.79 Å². The number of likely N-dealkylation sites (N-methyl/N-ethyl adjacent to an activating group) is 1. The Morgan fingerprint density at radius 1 is 1.08 bits per heavy atom. The molecule has 0 unspecified atom stereocenters. The summed E-state index contributed by atoms with van der Waals surface area (Å²) >= 11 is 0. The standard InChI is InChI=1S/C29H41N3O4/c1-19(2)22(5)30-29(35)31(6)16-27-20(3)15-32(21(4)17-33)28(34)26-14-10-9-13-25(26)24-12-8-7-11-23(24)18-36-27/h7-14,19-22,27,33H,15-18H2,1-6H3,(H,30,35)/t20-,21+,22-,27-/m0/s1. The minimum Gasteiger partial charge on any atom is -0.394 e. The van der Waals surface area contributed by atoms with E-state index in [9.17, 15) is 14.7 Å². The summed E-state index contributed by atoms with van der Waals surface area (Å²) in [6.45, 7) is 11.0. The maximum atomic E-state index is 13.8. The van der Waals surface area contributed by atoms with Gasteiger partial charge in [-0.1, -0.05) is 63.2 Å². The molecule has 3 rings (SSSR count). The normalized spacial score (nSPS) is 20.1. The molecule has 2 aromatic carbocycles. The number of hydrogen-bond donors (Lipinski definition) is 2. The lowest BCUT2D eigenvalue weighted by Crippen LogP contribution is -2.50. The fourth-order valence-corrected chi connectivity index (χ4v) is 4.38. The molecular formula is C29H41N3O4. The second-order valence-corrected chi connectivity index (χ2v) is 10.4. The van der Waals surface area contributed by atoms with Gasteiger partial charge in [-0.05, 0) is 42.5 Å². The lowest BCUT2D eigenvalue weighted by Gasteiger charge is -2.35. The van der Waals surface area contributed by atoms with Gasteiger partial charge in [0.15, 0.2) is 0 Å². The molecule has 196 valence electrons. The molecule has 1 aliphatic heterocycles. The number of rotatable bonds is 6. The molecule has 4 atom stereocenters. The highest BCUT2D eigenvalue weighted by atomic mass is 16.5. The van der Waals surface area contributed by atoms with Gasteiger partial charge in [0.05, 0.1) is 25.4 Å². The molecule has 1 aliphatic rings. The average molecular weight is 496 g/mol. The van der Waals surface area contributed by atoms with E-state index in [0.717, 1.165) is 16.7 Å². The summed E-state index contributed by atoms with van der Waals surface area (Å²) < 4.78 is 6.48. The van der Waals surface area contributed by atoms with Crippen molar-refractivity contribution in [2.75, 3.05) is 26.7 Å². The highest BCUT2D eigenvalue weighted by Crippen LogP contribution is 2.31. The van der Waals surface area contributed by atoms with Gasteiger partial charge in [-0.2, -0.15) is 0 Å². The molecule has 0 radical (unpaired) electrons. The molecule has 0 aromatic heterocycles. The Labute approximate surface area is 215 Å². The number of fused-ring (bicyclic) bond motifs is 3. The Kier molecular flexibility index (Phi) is 9.51. The van der Waals surface area contributed by atoms with Crippen LogP contribution in [0, 0.1) is 11.8 Å². The number of nitrogens with zero attached hydrogens (tertiary/aromatic N) is 2. The summed E-state index contributed by atoms with van der Waals surface area (Å²) in [6.07, 6.45) is -0.314. The van der Waals surface area contributed by atoms with E-state index < -0.39 is 0 Å². The largest absolute Gasteiger partial charge is 0.394 e. The van der Waals surface area contributed by atoms with Crippen LogP contribution in [0.25, 0.3) is 11.1 Å². The number of amides is 3. The lowest BCUT2D eigenvalue weighted by atomic mass is 9.94. The van der Waals surface area contributed by atoms with Crippen LogP contribution in [0.1, 0.15) is 50.5 Å². The zero-order valence-corrected chi connectivity index (χ0v) is 22.4. The topological polar surface area (TPSA) is 82.1 Å². The number of carbonyl (C=O) groups is 2. The van der Waals surface area contributed by atoms with Crippen LogP contribution in [0.15, 0.2) is 48.5 Å². The Morgan fingerprint density at radius 3 is 2.33 bits per heavy atom. The monoisotopic (exact) mass is 495 g/mol. The van der Waals surface area contributed by atoms with Crippen molar-refractivity contribution in [2.24, 2.45) is 11.8 Å². The van der Waals surface area contributed by atoms with E-state index in [1.165, 1.54) is 0 Å². The predicted octanol–water partition coefficient (Wildman–Crippen LogP) is 4.40. The predicted molar refractivity (Wildman–Crippen MR) is 143 cm³/mol. The maximum Gasteiger partial charge on any atom is 0.317 e. The van der Waals surface area contributed by atoms with Gasteiger partial charge in [0.2, 0.25) is 0 Å². The summed E-state index contributed by atoms with van der Waals surface area (Å²) in [7, 11) is 1.77. The first-order valence-corrected chi connectivity index (χ1v) is 12.9. The first-order chi connectivity index (χ1) is 17.1. The van der Waals surface area contributed by atoms with E-state index in [4.69, 9.17) is 4.74 Å². The summed E-state index contributed by atoms with van der Waals surface area (Å²) in [4.78, 5) is 30.1. The average Bonchev–Trinajstić information content (AvgIpc) is 2.89. The first kappa shape index (κ1) is 27.7. The number of ether oxygens (including phenoxy) is 1. The van der Waals surface area contributed by atoms with Crippen LogP contribution < -0.4 is 5.32 Å². The molecule has 2 N–H and O–H groups in total. The highest BCUT2D eigenvalue weighted by Gasteiger charge is 2.31. The van der Waals surface area contributed by atoms with Gasteiger partial charge < -0.3 is 25.0 Å². The van der Waals surface area contributed by atoms with E-state index in [-0.39, 0.29) is 42.7 Å². The second-order valence-electron chi connectivity index (χ2n) is 10.4. The van der Waals surface area contributed by atoms with E-state index >= 15 is 0 Å². The number of nitrogens with one attached hydrogen (secondary N) is 1. The van der Waals surface area contributed by atoms with Crippen molar-refractivity contribution in [1.29, 1.82) is 0 Å². The van der Waals surface area contributed by atoms with E-state index in [1.54, 1.807) is 16.8 Å². The molecule has 0 saturated heterocycles. The maximum absolute atomic E-state index is 13.8. The molecule has 0 spiro atoms. The van der Waals surface area contributed by atoms with E-state index in [0.29, 0.717) is 31.2 Å². The van der Waals surface area contributed by atoms with Crippen LogP contribution >= 0.6 is 0 Å². The molecule has 36 heavy (non-hydrogen) atoms. The van der Waals surface area contributed by atoms with Crippen LogP contribution in [0.5, 0.6) is 0 Å². The SMILES string of the molecule is CC(C)[C@H](C)NC(=O)N(C)C[C@@H]1OCc2ccccc2-c2ccccc2C(=O)N([C@H](C)CO)C[C@@H]1C. The molecule has 2 aromatic rings. The van der Waals surface area contributed by atoms with Gasteiger partial charge in [0.25, 0.3) is 5.91 Å². The number of benzene rings is 2. The van der Waals surface area contributed by atoms with Crippen molar-refractivity contribution in [3.63, 3.8) is 0 Å². The molecule has 3 amide bonds. The summed E-state index contributed by atoms with van der Waals surface area (Å²) in [5, 5.41) is 13.0. The minimum atomic E-state index is -0.363. The van der Waals surface area contributed by atoms with Crippen LogP contribution in [-0.4, -0.2) is 71.8 Å². The van der Waals surface area contributed by atoms with Gasteiger partial charge in [-0.3, -0.25) is 4.79 Å². The Balaban J connectivity index is 1.97. The quantitative estimate of drug-likeness (QED) is 0.623. The van der Waals surface area contributed by atoms with E-state index in [2.05, 4.69) is 19.2 Å². The lowest BCUT2D eigenvalue weighted by molar-refractivity contribution is -0.0185. The number of hydrogen-bond acceptors (Lipinski definition) is 4. The van der Waals surface area contributed by atoms with Gasteiger partial charge in [0.1, 0.15) is 0 Å². The van der Waals surface area contributed by atoms with Crippen molar-refractivity contribution >= 4 is 11.9 Å². The second kappa shape index (κ2) is 12.4. The van der Waals surface area contributed by atoms with Gasteiger partial charge >= 0.3 is 6.03 Å². The molecule has 0 fully saturated rings. The highest BCUT2D eigenvalue weighted by molar-refractivity contribution is 6.01. The third kappa shape index (κ3) is 6.45. The van der Waals surface area contributed by atoms with Crippen molar-refractivity contribution in [3.05, 3.63) is 59.7 Å². The van der Waals surface area contributed by atoms with Crippen molar-refractivity contribution in [1.82, 2.24) is 15.1 Å². The summed E-state index contributed by atoms with van der Waals surface area (Å²) in [5.41, 5.74) is 3.39. The fraction of sp³-hybridized carbons (Fsp3) is 0.517. The molecule has 0 aliphatic carbocycles. The zero-order valence-electron chi connectivity index (χ0n) is 22.4. The van der Waals surface area contributed by atoms with Crippen LogP contribution in [-0.2, 0) is 11.3 Å². The Bertz CT molecular complexity index is 1040. The molecule has 0 bridgehead atoms.